The van der Waals surface area contributed by atoms with Gasteiger partial charge < -0.3 is 5.32 Å². The van der Waals surface area contributed by atoms with E-state index in [0.29, 0.717) is 0 Å². The first-order valence-electron chi connectivity index (χ1n) is 7.33. The fourth-order valence-electron chi connectivity index (χ4n) is 2.79. The van der Waals surface area contributed by atoms with Crippen LogP contribution in [0.3, 0.4) is 0 Å². The van der Waals surface area contributed by atoms with Crippen molar-refractivity contribution >= 4 is 54.7 Å². The fourth-order valence-corrected chi connectivity index (χ4v) is 4.20. The van der Waals surface area contributed by atoms with Gasteiger partial charge in [-0.1, -0.05) is 67.5 Å². The average Bonchev–Trinajstić information content (AvgIpc) is 2.95. The molecule has 3 nitrogen and oxygen atoms in total. The molecule has 0 aliphatic carbocycles. The van der Waals surface area contributed by atoms with Crippen molar-refractivity contribution in [3.63, 3.8) is 0 Å². The third-order valence-corrected chi connectivity index (χ3v) is 5.96. The predicted molar refractivity (Wildman–Crippen MR) is 107 cm³/mol. The van der Waals surface area contributed by atoms with Crippen molar-refractivity contribution in [1.82, 2.24) is 4.98 Å². The number of aromatic amines is 1. The van der Waals surface area contributed by atoms with Gasteiger partial charge in [-0.3, -0.25) is 9.78 Å². The van der Waals surface area contributed by atoms with E-state index in [4.69, 9.17) is 0 Å². The van der Waals surface area contributed by atoms with Crippen LogP contribution in [0.4, 0.5) is 5.82 Å². The predicted octanol–water partition coefficient (Wildman–Crippen LogP) is 5.56. The molecule has 0 saturated carbocycles. The van der Waals surface area contributed by atoms with E-state index in [1.165, 1.54) is 11.3 Å². The number of fused-ring (bicyclic) bond motifs is 1. The molecule has 1 aromatic heterocycles. The Balaban J connectivity index is 1.83. The normalized spacial score (nSPS) is 16.2. The minimum atomic E-state index is -0.0416. The van der Waals surface area contributed by atoms with Crippen molar-refractivity contribution in [2.24, 2.45) is 0 Å². The molecule has 0 fully saturated rings. The molecule has 6 heteroatoms. The summed E-state index contributed by atoms with van der Waals surface area (Å²) in [5, 5.41) is 3.36. The summed E-state index contributed by atoms with van der Waals surface area (Å²) in [4.78, 5) is 15.7. The summed E-state index contributed by atoms with van der Waals surface area (Å²) in [6.45, 7) is 0. The van der Waals surface area contributed by atoms with Gasteiger partial charge in [0.15, 0.2) is 0 Å². The molecule has 1 unspecified atom stereocenters. The Kier molecular flexibility index (Phi) is 4.20. The maximum Gasteiger partial charge on any atom is 0.306 e. The van der Waals surface area contributed by atoms with Crippen molar-refractivity contribution in [2.75, 3.05) is 5.32 Å². The number of H-pyrrole nitrogens is 1. The maximum atomic E-state index is 11.9. The molecule has 2 N–H and O–H groups in total. The highest BCUT2D eigenvalue weighted by molar-refractivity contribution is 9.10. The second-order valence-corrected chi connectivity index (χ2v) is 8.34. The van der Waals surface area contributed by atoms with Crippen LogP contribution in [0.15, 0.2) is 68.3 Å². The van der Waals surface area contributed by atoms with E-state index >= 15 is 0 Å². The summed E-state index contributed by atoms with van der Waals surface area (Å²) < 4.78 is 2.08. The van der Waals surface area contributed by atoms with Crippen LogP contribution >= 0.6 is 43.2 Å². The summed E-state index contributed by atoms with van der Waals surface area (Å²) in [6.07, 6.45) is 2.18. The van der Waals surface area contributed by atoms with Crippen LogP contribution in [-0.4, -0.2) is 4.98 Å². The van der Waals surface area contributed by atoms with Crippen molar-refractivity contribution in [2.45, 2.75) is 5.92 Å². The molecule has 2 heterocycles. The monoisotopic (exact) mass is 462 g/mol. The summed E-state index contributed by atoms with van der Waals surface area (Å²) in [6, 6.07) is 16.4. The molecule has 0 saturated heterocycles. The fraction of sp³-hybridized carbons (Fsp3) is 0.0556. The minimum absolute atomic E-state index is 0.0416. The number of rotatable bonds is 2. The highest BCUT2D eigenvalue weighted by atomic mass is 79.9. The van der Waals surface area contributed by atoms with Gasteiger partial charge in [-0.25, -0.2) is 0 Å². The molecule has 0 bridgehead atoms. The van der Waals surface area contributed by atoms with Crippen LogP contribution in [0.5, 0.6) is 0 Å². The molecule has 0 amide bonds. The first-order valence-corrected chi connectivity index (χ1v) is 9.73. The van der Waals surface area contributed by atoms with E-state index in [0.717, 1.165) is 36.5 Å². The van der Waals surface area contributed by atoms with Crippen LogP contribution in [0.25, 0.3) is 5.70 Å². The number of nitrogens with one attached hydrogen (secondary N) is 2. The first kappa shape index (κ1) is 15.9. The SMILES string of the molecule is O=c1[nH]c2c(s1)C(c1ccc(Br)cc1)C=C(c1ccc(Br)cc1)N2. The van der Waals surface area contributed by atoms with Crippen LogP contribution in [0, 0.1) is 0 Å². The Labute approximate surface area is 159 Å². The average molecular weight is 464 g/mol. The summed E-state index contributed by atoms with van der Waals surface area (Å²) >= 11 is 8.20. The van der Waals surface area contributed by atoms with Crippen molar-refractivity contribution in [1.29, 1.82) is 0 Å². The Morgan fingerprint density at radius 2 is 1.54 bits per heavy atom. The molecule has 120 valence electrons. The third-order valence-electron chi connectivity index (χ3n) is 3.94. The van der Waals surface area contributed by atoms with Gasteiger partial charge in [-0.05, 0) is 41.5 Å². The van der Waals surface area contributed by atoms with E-state index in [1.807, 2.05) is 24.3 Å². The number of halogens is 2. The molecule has 1 atom stereocenters. The molecule has 0 radical (unpaired) electrons. The second kappa shape index (κ2) is 6.35. The van der Waals surface area contributed by atoms with E-state index < -0.39 is 0 Å². The smallest absolute Gasteiger partial charge is 0.306 e. The molecule has 2 aromatic carbocycles. The summed E-state index contributed by atoms with van der Waals surface area (Å²) in [5.41, 5.74) is 3.24. The molecule has 3 aromatic rings. The zero-order valence-electron chi connectivity index (χ0n) is 12.3. The third kappa shape index (κ3) is 3.01. The lowest BCUT2D eigenvalue weighted by atomic mass is 9.92. The van der Waals surface area contributed by atoms with Gasteiger partial charge in [0.1, 0.15) is 5.82 Å². The molecular weight excluding hydrogens is 452 g/mol. The van der Waals surface area contributed by atoms with E-state index in [2.05, 4.69) is 72.5 Å². The van der Waals surface area contributed by atoms with Crippen molar-refractivity contribution in [3.8, 4) is 0 Å². The van der Waals surface area contributed by atoms with Crippen LogP contribution in [0.1, 0.15) is 21.9 Å². The zero-order chi connectivity index (χ0) is 16.7. The van der Waals surface area contributed by atoms with E-state index in [1.54, 1.807) is 0 Å². The highest BCUT2D eigenvalue weighted by Gasteiger charge is 2.25. The van der Waals surface area contributed by atoms with Gasteiger partial charge in [-0.15, -0.1) is 0 Å². The zero-order valence-corrected chi connectivity index (χ0v) is 16.3. The number of hydrogen-bond acceptors (Lipinski definition) is 3. The number of allylic oxidation sites excluding steroid dienone is 1. The number of aromatic nitrogens is 1. The van der Waals surface area contributed by atoms with Crippen molar-refractivity contribution in [3.05, 3.63) is 89.2 Å². The highest BCUT2D eigenvalue weighted by Crippen LogP contribution is 2.40. The Hall–Kier alpha value is -1.63. The Bertz CT molecular complexity index is 972. The van der Waals surface area contributed by atoms with Gasteiger partial charge in [0, 0.05) is 20.6 Å². The molecule has 1 aliphatic heterocycles. The van der Waals surface area contributed by atoms with Gasteiger partial charge in [0.25, 0.3) is 0 Å². The second-order valence-electron chi connectivity index (χ2n) is 5.50. The topological polar surface area (TPSA) is 44.9 Å². The lowest BCUT2D eigenvalue weighted by Crippen LogP contribution is -2.11. The first-order chi connectivity index (χ1) is 11.6. The molecule has 24 heavy (non-hydrogen) atoms. The standard InChI is InChI=1S/C18H12Br2N2OS/c19-12-5-1-10(2-6-12)14-9-15(11-3-7-13(20)8-4-11)21-17-16(14)24-18(23)22-17/h1-9,14,21H,(H,22,23). The lowest BCUT2D eigenvalue weighted by molar-refractivity contribution is 1.03. The Morgan fingerprint density at radius 1 is 0.917 bits per heavy atom. The quantitative estimate of drug-likeness (QED) is 0.522. The van der Waals surface area contributed by atoms with Crippen LogP contribution in [-0.2, 0) is 0 Å². The summed E-state index contributed by atoms with van der Waals surface area (Å²) in [7, 11) is 0. The van der Waals surface area contributed by atoms with Crippen LogP contribution < -0.4 is 10.2 Å². The Morgan fingerprint density at radius 3 is 2.21 bits per heavy atom. The van der Waals surface area contributed by atoms with Crippen molar-refractivity contribution < 1.29 is 0 Å². The van der Waals surface area contributed by atoms with E-state index in [-0.39, 0.29) is 10.8 Å². The number of benzene rings is 2. The minimum Gasteiger partial charge on any atom is -0.341 e. The van der Waals surface area contributed by atoms with Gasteiger partial charge in [0.2, 0.25) is 0 Å². The van der Waals surface area contributed by atoms with Gasteiger partial charge in [0.05, 0.1) is 4.88 Å². The van der Waals surface area contributed by atoms with E-state index in [9.17, 15) is 4.79 Å². The van der Waals surface area contributed by atoms with Gasteiger partial charge in [-0.2, -0.15) is 0 Å². The molecule has 0 spiro atoms. The number of anilines is 1. The lowest BCUT2D eigenvalue weighted by Gasteiger charge is -2.23. The summed E-state index contributed by atoms with van der Waals surface area (Å²) in [5.74, 6) is 0.843. The van der Waals surface area contributed by atoms with Gasteiger partial charge >= 0.3 is 4.87 Å². The maximum absolute atomic E-state index is 11.9. The largest absolute Gasteiger partial charge is 0.341 e. The van der Waals surface area contributed by atoms with Crippen LogP contribution in [0.2, 0.25) is 0 Å². The molecular formula is C18H12Br2N2OS. The number of thiazole rings is 1. The molecule has 4 rings (SSSR count). The number of hydrogen-bond donors (Lipinski definition) is 2. The molecule has 1 aliphatic rings.